The summed E-state index contributed by atoms with van der Waals surface area (Å²) in [7, 11) is 1.29. The molecule has 0 fully saturated rings. The fourth-order valence-corrected chi connectivity index (χ4v) is 2.75. The predicted octanol–water partition coefficient (Wildman–Crippen LogP) is 2.67. The number of hydrazone groups is 1. The fraction of sp³-hybridized carbons (Fsp3) is 0.238. The molecule has 1 N–H and O–H groups in total. The molecule has 1 aliphatic rings. The Morgan fingerprint density at radius 3 is 2.59 bits per heavy atom. The number of nitrogens with zero attached hydrogens (tertiary/aromatic N) is 2. The Morgan fingerprint density at radius 1 is 1.14 bits per heavy atom. The zero-order chi connectivity index (χ0) is 20.8. The van der Waals surface area contributed by atoms with Crippen LogP contribution in [-0.2, 0) is 19.1 Å². The van der Waals surface area contributed by atoms with E-state index in [-0.39, 0.29) is 37.0 Å². The largest absolute Gasteiger partial charge is 0.482 e. The van der Waals surface area contributed by atoms with Gasteiger partial charge in [-0.2, -0.15) is 5.10 Å². The molecule has 0 bridgehead atoms. The predicted molar refractivity (Wildman–Crippen MR) is 108 cm³/mol. The minimum absolute atomic E-state index is 0.156. The Morgan fingerprint density at radius 2 is 1.90 bits per heavy atom. The first-order valence-corrected chi connectivity index (χ1v) is 9.05. The van der Waals surface area contributed by atoms with Gasteiger partial charge in [-0.1, -0.05) is 18.2 Å². The molecular formula is C21H21N3O5. The highest BCUT2D eigenvalue weighted by molar-refractivity contribution is 6.44. The number of para-hydroxylation sites is 1. The van der Waals surface area contributed by atoms with Crippen molar-refractivity contribution in [3.05, 3.63) is 54.1 Å². The molecule has 2 aromatic rings. The Bertz CT molecular complexity index is 956. The van der Waals surface area contributed by atoms with Gasteiger partial charge in [0.05, 0.1) is 12.8 Å². The standard InChI is InChI=1S/C21H21N3O5/c1-14-12-16(29-13-20(26)28-2)8-9-17(14)22-21(27)18-10-11-19(25)24(23-18)15-6-4-3-5-7-15/h3-9,12H,10-11,13H2,1-2H3,(H,22,27). The normalized spacial score (nSPS) is 13.5. The number of esters is 1. The lowest BCUT2D eigenvalue weighted by molar-refractivity contribution is -0.142. The van der Waals surface area contributed by atoms with Crippen LogP contribution in [0.25, 0.3) is 0 Å². The van der Waals surface area contributed by atoms with Crippen molar-refractivity contribution in [1.82, 2.24) is 0 Å². The number of nitrogens with one attached hydrogen (secondary N) is 1. The quantitative estimate of drug-likeness (QED) is 0.759. The number of aryl methyl sites for hydroxylation is 1. The van der Waals surface area contributed by atoms with Crippen LogP contribution in [0, 0.1) is 6.92 Å². The lowest BCUT2D eigenvalue weighted by Gasteiger charge is -2.23. The van der Waals surface area contributed by atoms with E-state index in [0.717, 1.165) is 5.56 Å². The van der Waals surface area contributed by atoms with Crippen LogP contribution in [0.3, 0.4) is 0 Å². The van der Waals surface area contributed by atoms with E-state index in [4.69, 9.17) is 4.74 Å². The lowest BCUT2D eigenvalue weighted by Crippen LogP contribution is -2.36. The van der Waals surface area contributed by atoms with E-state index < -0.39 is 5.97 Å². The molecule has 1 heterocycles. The van der Waals surface area contributed by atoms with Gasteiger partial charge < -0.3 is 14.8 Å². The van der Waals surface area contributed by atoms with Crippen molar-refractivity contribution in [3.8, 4) is 5.75 Å². The van der Waals surface area contributed by atoms with Gasteiger partial charge in [-0.15, -0.1) is 0 Å². The summed E-state index contributed by atoms with van der Waals surface area (Å²) in [6.07, 6.45) is 0.480. The molecule has 3 rings (SSSR count). The molecule has 8 heteroatoms. The van der Waals surface area contributed by atoms with Gasteiger partial charge >= 0.3 is 5.97 Å². The molecule has 0 aromatic heterocycles. The molecule has 2 amide bonds. The molecule has 29 heavy (non-hydrogen) atoms. The maximum absolute atomic E-state index is 12.7. The van der Waals surface area contributed by atoms with Gasteiger partial charge in [-0.25, -0.2) is 9.80 Å². The number of benzene rings is 2. The third-order valence-electron chi connectivity index (χ3n) is 4.33. The van der Waals surface area contributed by atoms with Crippen molar-refractivity contribution in [2.75, 3.05) is 24.0 Å². The van der Waals surface area contributed by atoms with E-state index in [1.807, 2.05) is 13.0 Å². The van der Waals surface area contributed by atoms with E-state index in [0.29, 0.717) is 17.1 Å². The Labute approximate surface area is 168 Å². The molecule has 0 atom stereocenters. The topological polar surface area (TPSA) is 97.3 Å². The number of ether oxygens (including phenoxy) is 2. The number of hydrogen-bond acceptors (Lipinski definition) is 6. The third kappa shape index (κ3) is 4.98. The van der Waals surface area contributed by atoms with Crippen molar-refractivity contribution in [3.63, 3.8) is 0 Å². The summed E-state index contributed by atoms with van der Waals surface area (Å²) in [5.74, 6) is -0.518. The van der Waals surface area contributed by atoms with Crippen LogP contribution in [0.2, 0.25) is 0 Å². The number of anilines is 2. The van der Waals surface area contributed by atoms with Crippen LogP contribution in [0.4, 0.5) is 11.4 Å². The molecule has 0 saturated heterocycles. The van der Waals surface area contributed by atoms with E-state index in [2.05, 4.69) is 15.2 Å². The number of hydrogen-bond donors (Lipinski definition) is 1. The molecule has 0 unspecified atom stereocenters. The first-order valence-electron chi connectivity index (χ1n) is 9.05. The molecule has 0 spiro atoms. The number of methoxy groups -OCH3 is 1. The SMILES string of the molecule is COC(=O)COc1ccc(NC(=O)C2=NN(c3ccccc3)C(=O)CC2)c(C)c1. The highest BCUT2D eigenvalue weighted by Crippen LogP contribution is 2.23. The minimum Gasteiger partial charge on any atom is -0.482 e. The smallest absolute Gasteiger partial charge is 0.343 e. The average Bonchev–Trinajstić information content (AvgIpc) is 2.74. The van der Waals surface area contributed by atoms with Gasteiger partial charge in [0.2, 0.25) is 5.91 Å². The number of amides is 2. The summed E-state index contributed by atoms with van der Waals surface area (Å²) in [5.41, 5.74) is 2.24. The molecule has 0 saturated carbocycles. The van der Waals surface area contributed by atoms with E-state index >= 15 is 0 Å². The number of rotatable bonds is 6. The van der Waals surface area contributed by atoms with Gasteiger partial charge in [0, 0.05) is 18.5 Å². The maximum Gasteiger partial charge on any atom is 0.343 e. The highest BCUT2D eigenvalue weighted by Gasteiger charge is 2.25. The molecular weight excluding hydrogens is 374 g/mol. The zero-order valence-electron chi connectivity index (χ0n) is 16.2. The number of carbonyl (C=O) groups excluding carboxylic acids is 3. The van der Waals surface area contributed by atoms with Crippen molar-refractivity contribution in [2.45, 2.75) is 19.8 Å². The summed E-state index contributed by atoms with van der Waals surface area (Å²) in [6, 6.07) is 14.0. The first kappa shape index (κ1) is 20.1. The second kappa shape index (κ2) is 9.01. The second-order valence-corrected chi connectivity index (χ2v) is 6.38. The van der Waals surface area contributed by atoms with Gasteiger partial charge in [-0.3, -0.25) is 9.59 Å². The molecule has 2 aromatic carbocycles. The molecule has 0 aliphatic carbocycles. The summed E-state index contributed by atoms with van der Waals surface area (Å²) >= 11 is 0. The molecule has 8 nitrogen and oxygen atoms in total. The maximum atomic E-state index is 12.7. The van der Waals surface area contributed by atoms with Crippen LogP contribution in [-0.4, -0.2) is 37.2 Å². The molecule has 1 aliphatic heterocycles. The summed E-state index contributed by atoms with van der Waals surface area (Å²) < 4.78 is 9.87. The van der Waals surface area contributed by atoms with Crippen molar-refractivity contribution in [1.29, 1.82) is 0 Å². The average molecular weight is 395 g/mol. The zero-order valence-corrected chi connectivity index (χ0v) is 16.2. The van der Waals surface area contributed by atoms with E-state index in [9.17, 15) is 14.4 Å². The van der Waals surface area contributed by atoms with Crippen LogP contribution >= 0.6 is 0 Å². The third-order valence-corrected chi connectivity index (χ3v) is 4.33. The Hall–Kier alpha value is -3.68. The van der Waals surface area contributed by atoms with Gasteiger partial charge in [0.15, 0.2) is 6.61 Å². The Kier molecular flexibility index (Phi) is 6.23. The monoisotopic (exact) mass is 395 g/mol. The van der Waals surface area contributed by atoms with Crippen molar-refractivity contribution in [2.24, 2.45) is 5.10 Å². The van der Waals surface area contributed by atoms with Crippen molar-refractivity contribution < 1.29 is 23.9 Å². The summed E-state index contributed by atoms with van der Waals surface area (Å²) in [4.78, 5) is 36.0. The summed E-state index contributed by atoms with van der Waals surface area (Å²) in [5, 5.41) is 8.32. The highest BCUT2D eigenvalue weighted by atomic mass is 16.6. The van der Waals surface area contributed by atoms with Crippen LogP contribution < -0.4 is 15.1 Å². The minimum atomic E-state index is -0.479. The van der Waals surface area contributed by atoms with Gasteiger partial charge in [-0.05, 0) is 42.8 Å². The van der Waals surface area contributed by atoms with E-state index in [1.165, 1.54) is 12.1 Å². The van der Waals surface area contributed by atoms with Crippen LogP contribution in [0.1, 0.15) is 18.4 Å². The van der Waals surface area contributed by atoms with Gasteiger partial charge in [0.1, 0.15) is 11.5 Å². The first-order chi connectivity index (χ1) is 14.0. The summed E-state index contributed by atoms with van der Waals surface area (Å²) in [6.45, 7) is 1.62. The second-order valence-electron chi connectivity index (χ2n) is 6.38. The van der Waals surface area contributed by atoms with Crippen molar-refractivity contribution >= 4 is 34.9 Å². The fourth-order valence-electron chi connectivity index (χ4n) is 2.75. The van der Waals surface area contributed by atoms with Gasteiger partial charge in [0.25, 0.3) is 5.91 Å². The van der Waals surface area contributed by atoms with Crippen LogP contribution in [0.15, 0.2) is 53.6 Å². The molecule has 0 radical (unpaired) electrons. The van der Waals surface area contributed by atoms with E-state index in [1.54, 1.807) is 42.5 Å². The Balaban J connectivity index is 1.71. The van der Waals surface area contributed by atoms with Crippen LogP contribution in [0.5, 0.6) is 5.75 Å². The number of carbonyl (C=O) groups is 3. The lowest BCUT2D eigenvalue weighted by atomic mass is 10.1. The molecule has 150 valence electrons.